The molecule has 1 N–H and O–H groups in total. The molecular weight excluding hydrogens is 320 g/mol. The Hall–Kier alpha value is -2.60. The first-order valence-electron chi connectivity index (χ1n) is 7.80. The highest BCUT2D eigenvalue weighted by atomic mass is 32.1. The first-order valence-corrected chi connectivity index (χ1v) is 8.62. The van der Waals surface area contributed by atoms with E-state index in [9.17, 15) is 4.79 Å². The molecular formula is C18H18N4OS. The van der Waals surface area contributed by atoms with E-state index >= 15 is 0 Å². The number of fused-ring (bicyclic) bond motifs is 2. The number of carbonyl (C=O) groups excluding carboxylic acids is 1. The smallest absolute Gasteiger partial charge is 0.270 e. The van der Waals surface area contributed by atoms with Crippen LogP contribution in [0.5, 0.6) is 0 Å². The second kappa shape index (κ2) is 5.49. The molecule has 0 fully saturated rings. The van der Waals surface area contributed by atoms with E-state index in [0.29, 0.717) is 12.2 Å². The van der Waals surface area contributed by atoms with Crippen LogP contribution in [0.2, 0.25) is 0 Å². The molecule has 4 aromatic rings. The van der Waals surface area contributed by atoms with E-state index in [-0.39, 0.29) is 5.91 Å². The Labute approximate surface area is 143 Å². The number of nitrogens with one attached hydrogen (secondary N) is 1. The van der Waals surface area contributed by atoms with Gasteiger partial charge in [0.15, 0.2) is 4.96 Å². The molecule has 3 aromatic heterocycles. The maximum absolute atomic E-state index is 12.6. The van der Waals surface area contributed by atoms with Gasteiger partial charge in [0.25, 0.3) is 5.91 Å². The molecule has 0 aliphatic heterocycles. The van der Waals surface area contributed by atoms with Crippen LogP contribution < -0.4 is 5.32 Å². The van der Waals surface area contributed by atoms with Crippen molar-refractivity contribution < 1.29 is 4.79 Å². The second-order valence-corrected chi connectivity index (χ2v) is 7.26. The highest BCUT2D eigenvalue weighted by Gasteiger charge is 2.17. The van der Waals surface area contributed by atoms with Crippen molar-refractivity contribution in [3.05, 3.63) is 58.5 Å². The minimum atomic E-state index is -0.0917. The van der Waals surface area contributed by atoms with Crippen LogP contribution in [0.3, 0.4) is 0 Å². The molecule has 3 heterocycles. The first kappa shape index (κ1) is 15.0. The highest BCUT2D eigenvalue weighted by molar-refractivity contribution is 7.17. The lowest BCUT2D eigenvalue weighted by Crippen LogP contribution is -2.24. The minimum Gasteiger partial charge on any atom is -0.351 e. The van der Waals surface area contributed by atoms with E-state index in [4.69, 9.17) is 0 Å². The summed E-state index contributed by atoms with van der Waals surface area (Å²) in [7, 11) is 2.03. The zero-order valence-corrected chi connectivity index (χ0v) is 14.6. The molecule has 0 spiro atoms. The van der Waals surface area contributed by atoms with Crippen LogP contribution in [0.25, 0.3) is 15.9 Å². The van der Waals surface area contributed by atoms with E-state index in [2.05, 4.69) is 39.1 Å². The van der Waals surface area contributed by atoms with Gasteiger partial charge in [0.1, 0.15) is 5.69 Å². The lowest BCUT2D eigenvalue weighted by atomic mass is 10.1. The number of nitrogens with zero attached hydrogens (tertiary/aromatic N) is 3. The van der Waals surface area contributed by atoms with Crippen molar-refractivity contribution in [3.63, 3.8) is 0 Å². The van der Waals surface area contributed by atoms with E-state index in [1.54, 1.807) is 11.3 Å². The van der Waals surface area contributed by atoms with Gasteiger partial charge in [-0.3, -0.25) is 9.20 Å². The van der Waals surface area contributed by atoms with Crippen LogP contribution in [0.4, 0.5) is 0 Å². The van der Waals surface area contributed by atoms with Crippen LogP contribution in [-0.4, -0.2) is 19.9 Å². The summed E-state index contributed by atoms with van der Waals surface area (Å²) in [6.45, 7) is 4.39. The van der Waals surface area contributed by atoms with Crippen molar-refractivity contribution in [2.45, 2.75) is 20.4 Å². The number of aromatic nitrogens is 3. The summed E-state index contributed by atoms with van der Waals surface area (Å²) in [5, 5.41) is 4.19. The fourth-order valence-electron chi connectivity index (χ4n) is 3.04. The summed E-state index contributed by atoms with van der Waals surface area (Å²) in [4.78, 5) is 19.1. The van der Waals surface area contributed by atoms with Crippen molar-refractivity contribution in [3.8, 4) is 0 Å². The predicted octanol–water partition coefficient (Wildman–Crippen LogP) is 3.43. The average molecular weight is 338 g/mol. The number of thiazole rings is 1. The van der Waals surface area contributed by atoms with Crippen molar-refractivity contribution in [1.29, 1.82) is 0 Å². The molecule has 0 bridgehead atoms. The third kappa shape index (κ3) is 2.39. The Balaban J connectivity index is 1.57. The van der Waals surface area contributed by atoms with Gasteiger partial charge in [0.05, 0.1) is 5.69 Å². The van der Waals surface area contributed by atoms with Gasteiger partial charge in [-0.1, -0.05) is 6.07 Å². The molecule has 0 atom stereocenters. The first-order chi connectivity index (χ1) is 11.5. The van der Waals surface area contributed by atoms with Gasteiger partial charge >= 0.3 is 0 Å². The van der Waals surface area contributed by atoms with Gasteiger partial charge in [-0.05, 0) is 43.0 Å². The summed E-state index contributed by atoms with van der Waals surface area (Å²) < 4.78 is 3.97. The largest absolute Gasteiger partial charge is 0.351 e. The summed E-state index contributed by atoms with van der Waals surface area (Å²) >= 11 is 1.59. The number of hydrogen-bond donors (Lipinski definition) is 1. The van der Waals surface area contributed by atoms with E-state index < -0.39 is 0 Å². The number of imidazole rings is 1. The Bertz CT molecular complexity index is 1070. The molecule has 0 unspecified atom stereocenters. The van der Waals surface area contributed by atoms with Crippen molar-refractivity contribution in [2.75, 3.05) is 0 Å². The molecule has 0 saturated carbocycles. The number of aryl methyl sites for hydroxylation is 3. The van der Waals surface area contributed by atoms with Gasteiger partial charge in [-0.15, -0.1) is 11.3 Å². The molecule has 0 aliphatic carbocycles. The van der Waals surface area contributed by atoms with E-state index in [1.165, 1.54) is 10.9 Å². The zero-order chi connectivity index (χ0) is 16.8. The van der Waals surface area contributed by atoms with Gasteiger partial charge in [0.2, 0.25) is 0 Å². The molecule has 0 aliphatic rings. The SMILES string of the molecule is Cc1cn2c(C(=O)NCc3ccc4c(ccn4C)c3)c(C)nc2s1. The Morgan fingerprint density at radius 2 is 2.12 bits per heavy atom. The van der Waals surface area contributed by atoms with Gasteiger partial charge in [-0.25, -0.2) is 4.98 Å². The molecule has 4 rings (SSSR count). The summed E-state index contributed by atoms with van der Waals surface area (Å²) in [6, 6.07) is 8.33. The van der Waals surface area contributed by atoms with E-state index in [0.717, 1.165) is 21.1 Å². The summed E-state index contributed by atoms with van der Waals surface area (Å²) in [5.74, 6) is -0.0917. The number of hydrogen-bond acceptors (Lipinski definition) is 3. The number of benzene rings is 1. The number of carbonyl (C=O) groups is 1. The van der Waals surface area contributed by atoms with Gasteiger partial charge < -0.3 is 9.88 Å². The second-order valence-electron chi connectivity index (χ2n) is 6.04. The molecule has 6 heteroatoms. The monoisotopic (exact) mass is 338 g/mol. The fourth-order valence-corrected chi connectivity index (χ4v) is 3.92. The Kier molecular flexibility index (Phi) is 3.42. The normalized spacial score (nSPS) is 11.5. The Morgan fingerprint density at radius 3 is 2.96 bits per heavy atom. The highest BCUT2D eigenvalue weighted by Crippen LogP contribution is 2.21. The van der Waals surface area contributed by atoms with Gasteiger partial charge in [0, 0.05) is 36.4 Å². The van der Waals surface area contributed by atoms with Crippen molar-refractivity contribution in [2.24, 2.45) is 7.05 Å². The topological polar surface area (TPSA) is 51.3 Å². The fraction of sp³-hybridized carbons (Fsp3) is 0.222. The molecule has 122 valence electrons. The minimum absolute atomic E-state index is 0.0917. The molecule has 1 aromatic carbocycles. The average Bonchev–Trinajstić information content (AvgIpc) is 3.17. The molecule has 5 nitrogen and oxygen atoms in total. The maximum Gasteiger partial charge on any atom is 0.270 e. The summed E-state index contributed by atoms with van der Waals surface area (Å²) in [5.41, 5.74) is 3.65. The molecule has 0 saturated heterocycles. The third-order valence-corrected chi connectivity index (χ3v) is 5.13. The number of amides is 1. The lowest BCUT2D eigenvalue weighted by Gasteiger charge is -2.06. The summed E-state index contributed by atoms with van der Waals surface area (Å²) in [6.07, 6.45) is 4.00. The molecule has 24 heavy (non-hydrogen) atoms. The quantitative estimate of drug-likeness (QED) is 0.622. The standard InChI is InChI=1S/C18H18N4OS/c1-11-10-22-16(12(2)20-18(22)24-11)17(23)19-9-13-4-5-15-14(8-13)6-7-21(15)3/h4-8,10H,9H2,1-3H3,(H,19,23). The third-order valence-electron chi connectivity index (χ3n) is 4.23. The predicted molar refractivity (Wildman–Crippen MR) is 96.6 cm³/mol. The maximum atomic E-state index is 12.6. The van der Waals surface area contributed by atoms with Crippen molar-refractivity contribution in [1.82, 2.24) is 19.3 Å². The number of rotatable bonds is 3. The molecule has 0 radical (unpaired) electrons. The molecule has 1 amide bonds. The van der Waals surface area contributed by atoms with Crippen LogP contribution >= 0.6 is 11.3 Å². The van der Waals surface area contributed by atoms with Crippen LogP contribution in [-0.2, 0) is 13.6 Å². The zero-order valence-electron chi connectivity index (χ0n) is 13.8. The van der Waals surface area contributed by atoms with E-state index in [1.807, 2.05) is 37.7 Å². The van der Waals surface area contributed by atoms with Crippen LogP contribution in [0.1, 0.15) is 26.6 Å². The van der Waals surface area contributed by atoms with Gasteiger partial charge in [-0.2, -0.15) is 0 Å². The van der Waals surface area contributed by atoms with Crippen molar-refractivity contribution >= 4 is 33.1 Å². The van der Waals surface area contributed by atoms with Crippen LogP contribution in [0.15, 0.2) is 36.7 Å². The van der Waals surface area contributed by atoms with Crippen LogP contribution in [0, 0.1) is 13.8 Å². The lowest BCUT2D eigenvalue weighted by molar-refractivity contribution is 0.0944. The Morgan fingerprint density at radius 1 is 1.29 bits per heavy atom.